The number of hydrogen-bond donors (Lipinski definition) is 1. The maximum Gasteiger partial charge on any atom is 0.252 e. The molecule has 2 aromatic rings. The highest BCUT2D eigenvalue weighted by atomic mass is 79.9. The van der Waals surface area contributed by atoms with Crippen molar-refractivity contribution >= 4 is 21.8 Å². The summed E-state index contributed by atoms with van der Waals surface area (Å²) in [4.78, 5) is 12.3. The van der Waals surface area contributed by atoms with E-state index in [-0.39, 0.29) is 17.8 Å². The molecule has 0 radical (unpaired) electrons. The molecule has 0 aliphatic rings. The van der Waals surface area contributed by atoms with E-state index in [1.807, 2.05) is 32.0 Å². The molecule has 0 bridgehead atoms. The molecule has 1 unspecified atom stereocenters. The van der Waals surface area contributed by atoms with Crippen LogP contribution < -0.4 is 5.32 Å². The van der Waals surface area contributed by atoms with Crippen molar-refractivity contribution in [2.24, 2.45) is 0 Å². The maximum atomic E-state index is 12.9. The van der Waals surface area contributed by atoms with Crippen LogP contribution in [0.25, 0.3) is 0 Å². The highest BCUT2D eigenvalue weighted by molar-refractivity contribution is 9.10. The zero-order valence-electron chi connectivity index (χ0n) is 11.3. The fourth-order valence-corrected chi connectivity index (χ4v) is 2.35. The Morgan fingerprint density at radius 1 is 1.20 bits per heavy atom. The molecule has 1 atom stereocenters. The summed E-state index contributed by atoms with van der Waals surface area (Å²) in [7, 11) is 0. The highest BCUT2D eigenvalue weighted by Gasteiger charge is 2.14. The number of carbonyl (C=O) groups is 1. The Bertz CT molecular complexity index is 625. The van der Waals surface area contributed by atoms with Crippen molar-refractivity contribution in [3.8, 4) is 0 Å². The van der Waals surface area contributed by atoms with Crippen molar-refractivity contribution in [3.63, 3.8) is 0 Å². The molecule has 0 saturated heterocycles. The van der Waals surface area contributed by atoms with Crippen LogP contribution in [0.5, 0.6) is 0 Å². The lowest BCUT2D eigenvalue weighted by Crippen LogP contribution is -2.27. The maximum absolute atomic E-state index is 12.9. The van der Waals surface area contributed by atoms with Gasteiger partial charge >= 0.3 is 0 Å². The third-order valence-electron chi connectivity index (χ3n) is 3.08. The largest absolute Gasteiger partial charge is 0.345 e. The van der Waals surface area contributed by atoms with Gasteiger partial charge in [-0.1, -0.05) is 23.8 Å². The number of halogens is 2. The molecule has 20 heavy (non-hydrogen) atoms. The van der Waals surface area contributed by atoms with Gasteiger partial charge in [-0.05, 0) is 59.6 Å². The fourth-order valence-electron chi connectivity index (χ4n) is 1.92. The zero-order valence-corrected chi connectivity index (χ0v) is 12.9. The average Bonchev–Trinajstić information content (AvgIpc) is 2.42. The van der Waals surface area contributed by atoms with Gasteiger partial charge in [0.15, 0.2) is 0 Å². The first-order valence-electron chi connectivity index (χ1n) is 6.30. The van der Waals surface area contributed by atoms with E-state index < -0.39 is 0 Å². The van der Waals surface area contributed by atoms with Crippen molar-refractivity contribution < 1.29 is 9.18 Å². The molecule has 1 amide bonds. The Hall–Kier alpha value is -1.68. The first-order valence-corrected chi connectivity index (χ1v) is 7.09. The Labute approximate surface area is 126 Å². The molecule has 0 heterocycles. The van der Waals surface area contributed by atoms with Gasteiger partial charge in [-0.25, -0.2) is 4.39 Å². The van der Waals surface area contributed by atoms with E-state index in [0.29, 0.717) is 5.56 Å². The van der Waals surface area contributed by atoms with Crippen LogP contribution in [0.1, 0.15) is 34.5 Å². The van der Waals surface area contributed by atoms with E-state index in [9.17, 15) is 9.18 Å². The first-order chi connectivity index (χ1) is 9.47. The summed E-state index contributed by atoms with van der Waals surface area (Å²) in [6, 6.07) is 11.6. The SMILES string of the molecule is Cc1ccc(Br)c(C(=O)NC(C)c2ccc(F)cc2)c1. The van der Waals surface area contributed by atoms with Crippen LogP contribution >= 0.6 is 15.9 Å². The molecule has 104 valence electrons. The summed E-state index contributed by atoms with van der Waals surface area (Å²) in [5.74, 6) is -0.439. The lowest BCUT2D eigenvalue weighted by Gasteiger charge is -2.15. The monoisotopic (exact) mass is 335 g/mol. The molecule has 0 fully saturated rings. The van der Waals surface area contributed by atoms with Gasteiger partial charge in [0.25, 0.3) is 5.91 Å². The number of aryl methyl sites for hydroxylation is 1. The van der Waals surface area contributed by atoms with Crippen LogP contribution in [0.15, 0.2) is 46.9 Å². The second-order valence-corrected chi connectivity index (χ2v) is 5.58. The van der Waals surface area contributed by atoms with E-state index in [2.05, 4.69) is 21.2 Å². The second kappa shape index (κ2) is 6.18. The Balaban J connectivity index is 2.15. The number of nitrogens with one attached hydrogen (secondary N) is 1. The summed E-state index contributed by atoms with van der Waals surface area (Å²) >= 11 is 3.38. The first kappa shape index (κ1) is 14.7. The smallest absolute Gasteiger partial charge is 0.252 e. The van der Waals surface area contributed by atoms with E-state index in [4.69, 9.17) is 0 Å². The van der Waals surface area contributed by atoms with Gasteiger partial charge in [-0.15, -0.1) is 0 Å². The molecule has 1 N–H and O–H groups in total. The molecule has 0 spiro atoms. The molecular weight excluding hydrogens is 321 g/mol. The number of amides is 1. The number of rotatable bonds is 3. The van der Waals surface area contributed by atoms with Crippen LogP contribution in [-0.4, -0.2) is 5.91 Å². The van der Waals surface area contributed by atoms with Crippen LogP contribution in [0.2, 0.25) is 0 Å². The number of carbonyl (C=O) groups excluding carboxylic acids is 1. The van der Waals surface area contributed by atoms with Gasteiger partial charge in [0.2, 0.25) is 0 Å². The quantitative estimate of drug-likeness (QED) is 0.885. The number of hydrogen-bond acceptors (Lipinski definition) is 1. The highest BCUT2D eigenvalue weighted by Crippen LogP contribution is 2.20. The van der Waals surface area contributed by atoms with Crippen molar-refractivity contribution in [1.29, 1.82) is 0 Å². The average molecular weight is 336 g/mol. The Kier molecular flexibility index (Phi) is 4.55. The normalized spacial score (nSPS) is 12.0. The molecule has 4 heteroatoms. The molecule has 2 nitrogen and oxygen atoms in total. The van der Waals surface area contributed by atoms with Crippen molar-refractivity contribution in [2.75, 3.05) is 0 Å². The molecule has 0 aromatic heterocycles. The van der Waals surface area contributed by atoms with E-state index in [1.165, 1.54) is 12.1 Å². The molecule has 0 saturated carbocycles. The van der Waals surface area contributed by atoms with Crippen LogP contribution in [0.4, 0.5) is 4.39 Å². The Morgan fingerprint density at radius 3 is 2.50 bits per heavy atom. The van der Waals surface area contributed by atoms with E-state index >= 15 is 0 Å². The lowest BCUT2D eigenvalue weighted by atomic mass is 10.1. The number of benzene rings is 2. The van der Waals surface area contributed by atoms with Gasteiger partial charge < -0.3 is 5.32 Å². The van der Waals surface area contributed by atoms with E-state index in [0.717, 1.165) is 15.6 Å². The minimum Gasteiger partial charge on any atom is -0.345 e. The predicted molar refractivity (Wildman–Crippen MR) is 81.2 cm³/mol. The summed E-state index contributed by atoms with van der Waals surface area (Å²) in [5, 5.41) is 2.91. The summed E-state index contributed by atoms with van der Waals surface area (Å²) in [5.41, 5.74) is 2.48. The van der Waals surface area contributed by atoms with Crippen molar-refractivity contribution in [2.45, 2.75) is 19.9 Å². The Morgan fingerprint density at radius 2 is 1.85 bits per heavy atom. The summed E-state index contributed by atoms with van der Waals surface area (Å²) in [6.07, 6.45) is 0. The van der Waals surface area contributed by atoms with Gasteiger partial charge in [-0.2, -0.15) is 0 Å². The van der Waals surface area contributed by atoms with Gasteiger partial charge in [0, 0.05) is 4.47 Å². The zero-order chi connectivity index (χ0) is 14.7. The van der Waals surface area contributed by atoms with Crippen LogP contribution in [0.3, 0.4) is 0 Å². The fraction of sp³-hybridized carbons (Fsp3) is 0.188. The standard InChI is InChI=1S/C16H15BrFNO/c1-10-3-8-15(17)14(9-10)16(20)19-11(2)12-4-6-13(18)7-5-12/h3-9,11H,1-2H3,(H,19,20). The molecule has 2 aromatic carbocycles. The molecule has 0 aliphatic carbocycles. The second-order valence-electron chi connectivity index (χ2n) is 4.73. The minimum atomic E-state index is -0.284. The minimum absolute atomic E-state index is 0.155. The molecular formula is C16H15BrFNO. The van der Waals surface area contributed by atoms with Crippen molar-refractivity contribution in [3.05, 3.63) is 69.4 Å². The van der Waals surface area contributed by atoms with Crippen LogP contribution in [-0.2, 0) is 0 Å². The van der Waals surface area contributed by atoms with Crippen molar-refractivity contribution in [1.82, 2.24) is 5.32 Å². The summed E-state index contributed by atoms with van der Waals surface area (Å²) in [6.45, 7) is 3.81. The lowest BCUT2D eigenvalue weighted by molar-refractivity contribution is 0.0939. The third kappa shape index (κ3) is 3.45. The molecule has 2 rings (SSSR count). The van der Waals surface area contributed by atoms with Gasteiger partial charge in [-0.3, -0.25) is 4.79 Å². The van der Waals surface area contributed by atoms with Gasteiger partial charge in [0.1, 0.15) is 5.82 Å². The topological polar surface area (TPSA) is 29.1 Å². The van der Waals surface area contributed by atoms with Crippen LogP contribution in [0, 0.1) is 12.7 Å². The van der Waals surface area contributed by atoms with E-state index in [1.54, 1.807) is 12.1 Å². The predicted octanol–water partition coefficient (Wildman–Crippen LogP) is 4.39. The third-order valence-corrected chi connectivity index (χ3v) is 3.78. The summed E-state index contributed by atoms with van der Waals surface area (Å²) < 4.78 is 13.6. The van der Waals surface area contributed by atoms with Gasteiger partial charge in [0.05, 0.1) is 11.6 Å². The molecule has 0 aliphatic heterocycles.